The molecule has 2 amide bonds. The van der Waals surface area contributed by atoms with Crippen LogP contribution in [0, 0.1) is 0 Å². The average molecular weight is 352 g/mol. The molecule has 1 aliphatic rings. The van der Waals surface area contributed by atoms with Crippen LogP contribution in [0.15, 0.2) is 54.6 Å². The maximum atomic E-state index is 12.8. The van der Waals surface area contributed by atoms with Crippen LogP contribution >= 0.6 is 0 Å². The summed E-state index contributed by atoms with van der Waals surface area (Å²) in [5.41, 5.74) is 1.62. The van der Waals surface area contributed by atoms with Crippen LogP contribution in [0.1, 0.15) is 35.7 Å². The Bertz CT molecular complexity index is 759. The number of phenols is 1. The summed E-state index contributed by atoms with van der Waals surface area (Å²) < 4.78 is 0. The zero-order valence-electron chi connectivity index (χ0n) is 15.0. The molecule has 1 saturated heterocycles. The molecule has 0 saturated carbocycles. The van der Waals surface area contributed by atoms with Gasteiger partial charge in [0.05, 0.1) is 0 Å². The molecule has 0 aromatic heterocycles. The van der Waals surface area contributed by atoms with Crippen molar-refractivity contribution < 1.29 is 14.7 Å². The number of carbonyl (C=O) groups excluding carboxylic acids is 2. The number of carbonyl (C=O) groups is 2. The van der Waals surface area contributed by atoms with Crippen LogP contribution in [0.2, 0.25) is 0 Å². The molecule has 2 aromatic rings. The maximum Gasteiger partial charge on any atom is 0.253 e. The van der Waals surface area contributed by atoms with E-state index in [0.29, 0.717) is 31.6 Å². The van der Waals surface area contributed by atoms with Crippen LogP contribution in [-0.4, -0.2) is 45.9 Å². The van der Waals surface area contributed by atoms with Gasteiger partial charge < -0.3 is 14.9 Å². The van der Waals surface area contributed by atoms with Crippen molar-refractivity contribution in [3.63, 3.8) is 0 Å². The van der Waals surface area contributed by atoms with Crippen molar-refractivity contribution in [1.29, 1.82) is 0 Å². The van der Waals surface area contributed by atoms with Crippen molar-refractivity contribution in [2.24, 2.45) is 0 Å². The van der Waals surface area contributed by atoms with Crippen LogP contribution < -0.4 is 0 Å². The summed E-state index contributed by atoms with van der Waals surface area (Å²) in [5, 5.41) is 9.41. The Balaban J connectivity index is 1.77. The molecular formula is C21H24N2O3. The van der Waals surface area contributed by atoms with Crippen LogP contribution in [-0.2, 0) is 11.3 Å². The number of hydrogen-bond acceptors (Lipinski definition) is 3. The molecule has 1 atom stereocenters. The Morgan fingerprint density at radius 3 is 2.46 bits per heavy atom. The van der Waals surface area contributed by atoms with Gasteiger partial charge in [0.25, 0.3) is 5.91 Å². The normalized spacial score (nSPS) is 17.9. The summed E-state index contributed by atoms with van der Waals surface area (Å²) in [6.07, 6.45) is 1.12. The van der Waals surface area contributed by atoms with Crippen molar-refractivity contribution >= 4 is 11.8 Å². The first-order valence-corrected chi connectivity index (χ1v) is 9.00. The number of nitrogens with zero attached hydrogens (tertiary/aromatic N) is 2. The summed E-state index contributed by atoms with van der Waals surface area (Å²) in [6.45, 7) is 3.55. The predicted octanol–water partition coefficient (Wildman–Crippen LogP) is 3.05. The van der Waals surface area contributed by atoms with E-state index in [2.05, 4.69) is 0 Å². The highest BCUT2D eigenvalue weighted by Gasteiger charge is 2.31. The number of amides is 2. The zero-order chi connectivity index (χ0) is 18.5. The zero-order valence-corrected chi connectivity index (χ0v) is 15.0. The van der Waals surface area contributed by atoms with E-state index in [9.17, 15) is 14.7 Å². The first-order valence-electron chi connectivity index (χ1n) is 9.00. The Kier molecular flexibility index (Phi) is 5.56. The molecule has 1 N–H and O–H groups in total. The Hall–Kier alpha value is -2.82. The third kappa shape index (κ3) is 4.04. The molecule has 0 unspecified atom stereocenters. The minimum absolute atomic E-state index is 0.00808. The van der Waals surface area contributed by atoms with Crippen molar-refractivity contribution in [2.75, 3.05) is 13.1 Å². The fraction of sp³-hybridized carbons (Fsp3) is 0.333. The Morgan fingerprint density at radius 1 is 1.12 bits per heavy atom. The minimum atomic E-state index is -0.0992. The lowest BCUT2D eigenvalue weighted by Gasteiger charge is -2.31. The van der Waals surface area contributed by atoms with Gasteiger partial charge in [0.1, 0.15) is 5.75 Å². The fourth-order valence-corrected chi connectivity index (χ4v) is 3.34. The lowest BCUT2D eigenvalue weighted by Crippen LogP contribution is -2.43. The van der Waals surface area contributed by atoms with Gasteiger partial charge in [-0.15, -0.1) is 0 Å². The molecule has 0 radical (unpaired) electrons. The molecule has 26 heavy (non-hydrogen) atoms. The average Bonchev–Trinajstić information content (AvgIpc) is 2.82. The number of phenolic OH excluding ortho intramolecular Hbond substituents is 1. The Morgan fingerprint density at radius 2 is 1.81 bits per heavy atom. The van der Waals surface area contributed by atoms with E-state index in [1.807, 2.05) is 42.2 Å². The monoisotopic (exact) mass is 352 g/mol. The molecule has 0 bridgehead atoms. The summed E-state index contributed by atoms with van der Waals surface area (Å²) in [4.78, 5) is 29.2. The smallest absolute Gasteiger partial charge is 0.253 e. The number of hydrogen-bond donors (Lipinski definition) is 1. The fourth-order valence-electron chi connectivity index (χ4n) is 3.34. The van der Waals surface area contributed by atoms with Crippen molar-refractivity contribution in [1.82, 2.24) is 9.80 Å². The van der Waals surface area contributed by atoms with Gasteiger partial charge in [-0.1, -0.05) is 37.3 Å². The summed E-state index contributed by atoms with van der Waals surface area (Å²) in [6, 6.07) is 16.2. The second kappa shape index (κ2) is 8.04. The highest BCUT2D eigenvalue weighted by atomic mass is 16.3. The van der Waals surface area contributed by atoms with Gasteiger partial charge in [0, 0.05) is 37.7 Å². The van der Waals surface area contributed by atoms with Crippen molar-refractivity contribution in [3.05, 3.63) is 65.7 Å². The first-order chi connectivity index (χ1) is 12.6. The van der Waals surface area contributed by atoms with E-state index in [1.54, 1.807) is 17.0 Å². The number of benzene rings is 2. The van der Waals surface area contributed by atoms with Crippen LogP contribution in [0.4, 0.5) is 0 Å². The highest BCUT2D eigenvalue weighted by molar-refractivity contribution is 5.95. The lowest BCUT2D eigenvalue weighted by molar-refractivity contribution is -0.133. The van der Waals surface area contributed by atoms with Crippen LogP contribution in [0.25, 0.3) is 0 Å². The van der Waals surface area contributed by atoms with E-state index in [-0.39, 0.29) is 23.6 Å². The molecule has 2 aromatic carbocycles. The minimum Gasteiger partial charge on any atom is -0.508 e. The highest BCUT2D eigenvalue weighted by Crippen LogP contribution is 2.20. The van der Waals surface area contributed by atoms with Gasteiger partial charge in [-0.25, -0.2) is 0 Å². The summed E-state index contributed by atoms with van der Waals surface area (Å²) >= 11 is 0. The van der Waals surface area contributed by atoms with E-state index < -0.39 is 0 Å². The van der Waals surface area contributed by atoms with Gasteiger partial charge in [0.15, 0.2) is 0 Å². The second-order valence-corrected chi connectivity index (χ2v) is 6.62. The van der Waals surface area contributed by atoms with E-state index in [1.165, 1.54) is 12.1 Å². The standard InChI is InChI=1S/C21H24N2O3/c1-2-18-15-22(21(26)17-8-10-19(24)11-9-17)13-12-20(25)23(18)14-16-6-4-3-5-7-16/h3-11,18,24H,2,12-15H2,1H3/t18-/m0/s1. The molecule has 0 aliphatic carbocycles. The Labute approximate surface area is 153 Å². The molecule has 1 aliphatic heterocycles. The third-order valence-electron chi connectivity index (χ3n) is 4.86. The third-order valence-corrected chi connectivity index (χ3v) is 4.86. The topological polar surface area (TPSA) is 60.9 Å². The number of aromatic hydroxyl groups is 1. The maximum absolute atomic E-state index is 12.8. The second-order valence-electron chi connectivity index (χ2n) is 6.62. The molecule has 136 valence electrons. The lowest BCUT2D eigenvalue weighted by atomic mass is 10.1. The first kappa shape index (κ1) is 18.0. The molecule has 0 spiro atoms. The van der Waals surface area contributed by atoms with Gasteiger partial charge in [-0.3, -0.25) is 9.59 Å². The van der Waals surface area contributed by atoms with E-state index >= 15 is 0 Å². The number of rotatable bonds is 4. The van der Waals surface area contributed by atoms with Gasteiger partial charge in [0.2, 0.25) is 5.91 Å². The van der Waals surface area contributed by atoms with E-state index in [4.69, 9.17) is 0 Å². The molecule has 1 heterocycles. The SMILES string of the molecule is CC[C@H]1CN(C(=O)c2ccc(O)cc2)CCC(=O)N1Cc1ccccc1. The molecule has 5 nitrogen and oxygen atoms in total. The van der Waals surface area contributed by atoms with Gasteiger partial charge >= 0.3 is 0 Å². The molecule has 5 heteroatoms. The summed E-state index contributed by atoms with van der Waals surface area (Å²) in [5.74, 6) is 0.118. The van der Waals surface area contributed by atoms with E-state index in [0.717, 1.165) is 12.0 Å². The van der Waals surface area contributed by atoms with Crippen molar-refractivity contribution in [2.45, 2.75) is 32.4 Å². The van der Waals surface area contributed by atoms with Crippen LogP contribution in [0.3, 0.4) is 0 Å². The molecule has 3 rings (SSSR count). The summed E-state index contributed by atoms with van der Waals surface area (Å²) in [7, 11) is 0. The van der Waals surface area contributed by atoms with Gasteiger partial charge in [-0.05, 0) is 36.2 Å². The quantitative estimate of drug-likeness (QED) is 0.920. The molecular weight excluding hydrogens is 328 g/mol. The van der Waals surface area contributed by atoms with Crippen molar-refractivity contribution in [3.8, 4) is 5.75 Å². The largest absolute Gasteiger partial charge is 0.508 e. The van der Waals surface area contributed by atoms with Crippen LogP contribution in [0.5, 0.6) is 5.75 Å². The van der Waals surface area contributed by atoms with Gasteiger partial charge in [-0.2, -0.15) is 0 Å². The molecule has 1 fully saturated rings. The predicted molar refractivity (Wildman–Crippen MR) is 99.7 cm³/mol.